The van der Waals surface area contributed by atoms with Crippen LogP contribution < -0.4 is 5.73 Å². The molecule has 1 rings (SSSR count). The Balaban J connectivity index is 0.00000529. The van der Waals surface area contributed by atoms with E-state index in [0.717, 1.165) is 0 Å². The highest BCUT2D eigenvalue weighted by Crippen LogP contribution is 2.45. The minimum Gasteiger partial charge on any atom is -0.319 e. The fourth-order valence-corrected chi connectivity index (χ4v) is 1.54. The van der Waals surface area contributed by atoms with E-state index in [9.17, 15) is 48.3 Å². The van der Waals surface area contributed by atoms with Gasteiger partial charge in [0.2, 0.25) is 0 Å². The van der Waals surface area contributed by atoms with E-state index in [0.29, 0.717) is 0 Å². The molecular weight excluding hydrogens is 391 g/mol. The third-order valence-electron chi connectivity index (χ3n) is 2.74. The molecule has 0 aliphatic heterocycles. The van der Waals surface area contributed by atoms with Gasteiger partial charge in [0.15, 0.2) is 0 Å². The molecule has 140 valence electrons. The molecule has 0 saturated heterocycles. The van der Waals surface area contributed by atoms with Crippen LogP contribution in [-0.4, -0.2) is 12.1 Å². The van der Waals surface area contributed by atoms with Gasteiger partial charge >= 0.3 is 24.5 Å². The van der Waals surface area contributed by atoms with E-state index in [1.807, 2.05) is 0 Å². The minimum absolute atomic E-state index is 0. The van der Waals surface area contributed by atoms with Gasteiger partial charge < -0.3 is 5.73 Å². The van der Waals surface area contributed by atoms with Crippen LogP contribution in [0.25, 0.3) is 0 Å². The van der Waals surface area contributed by atoms with E-state index in [1.165, 1.54) is 0 Å². The molecule has 0 fully saturated rings. The van der Waals surface area contributed by atoms with Crippen LogP contribution in [0.3, 0.4) is 0 Å². The molecule has 24 heavy (non-hydrogen) atoms. The van der Waals surface area contributed by atoms with Crippen molar-refractivity contribution in [1.82, 2.24) is 0 Å². The first-order chi connectivity index (χ1) is 9.98. The summed E-state index contributed by atoms with van der Waals surface area (Å²) >= 11 is 0. The Bertz CT molecular complexity index is 541. The molecule has 0 aliphatic rings. The molecule has 0 bridgehead atoms. The standard InChI is InChI=1S/C11H6F11N.ClH/c12-8(13,11(20,21)22)7(23)4-1-5(9(14,15)16)3-6(2-4)10(17,18)19;/h1-3,7H,23H2;1H/t7-;/m0./s1. The molecule has 1 atom stereocenters. The molecule has 1 nitrogen and oxygen atoms in total. The normalized spacial score (nSPS) is 15.0. The quantitative estimate of drug-likeness (QED) is 0.670. The molecule has 0 aromatic heterocycles. The molecule has 0 unspecified atom stereocenters. The van der Waals surface area contributed by atoms with Crippen molar-refractivity contribution in [1.29, 1.82) is 0 Å². The number of hydrogen-bond donors (Lipinski definition) is 1. The summed E-state index contributed by atoms with van der Waals surface area (Å²) in [6, 6.07) is -4.41. The minimum atomic E-state index is -6.25. The zero-order valence-electron chi connectivity index (χ0n) is 11.0. The summed E-state index contributed by atoms with van der Waals surface area (Å²) in [6.45, 7) is 0. The third kappa shape index (κ3) is 4.62. The van der Waals surface area contributed by atoms with Gasteiger partial charge in [-0.25, -0.2) is 0 Å². The average molecular weight is 398 g/mol. The van der Waals surface area contributed by atoms with Crippen LogP contribution in [0.15, 0.2) is 18.2 Å². The summed E-state index contributed by atoms with van der Waals surface area (Å²) < 4.78 is 138. The van der Waals surface area contributed by atoms with Gasteiger partial charge in [-0.3, -0.25) is 0 Å². The Kier molecular flexibility index (Phi) is 6.19. The molecule has 2 N–H and O–H groups in total. The smallest absolute Gasteiger partial charge is 0.319 e. The van der Waals surface area contributed by atoms with Gasteiger partial charge in [-0.05, 0) is 23.8 Å². The fraction of sp³-hybridized carbons (Fsp3) is 0.455. The Hall–Kier alpha value is -1.30. The molecule has 0 aliphatic carbocycles. The highest BCUT2D eigenvalue weighted by atomic mass is 35.5. The van der Waals surface area contributed by atoms with E-state index >= 15 is 0 Å². The monoisotopic (exact) mass is 397 g/mol. The van der Waals surface area contributed by atoms with Crippen LogP contribution in [0.5, 0.6) is 0 Å². The van der Waals surface area contributed by atoms with Crippen molar-refractivity contribution in [2.75, 3.05) is 0 Å². The molecule has 1 aromatic rings. The number of halogens is 12. The Morgan fingerprint density at radius 1 is 0.667 bits per heavy atom. The molecular formula is C11H7ClF11N. The summed E-state index contributed by atoms with van der Waals surface area (Å²) in [5, 5.41) is 0. The van der Waals surface area contributed by atoms with Crippen LogP contribution in [0.1, 0.15) is 22.7 Å². The maximum Gasteiger partial charge on any atom is 0.455 e. The molecule has 13 heteroatoms. The van der Waals surface area contributed by atoms with Gasteiger partial charge in [0.05, 0.1) is 11.1 Å². The van der Waals surface area contributed by atoms with E-state index < -0.39 is 53.2 Å². The van der Waals surface area contributed by atoms with Crippen molar-refractivity contribution in [3.63, 3.8) is 0 Å². The summed E-state index contributed by atoms with van der Waals surface area (Å²) in [4.78, 5) is 0. The molecule has 0 saturated carbocycles. The predicted octanol–water partition coefficient (Wildman–Crippen LogP) is 5.34. The van der Waals surface area contributed by atoms with Gasteiger partial charge in [0.25, 0.3) is 0 Å². The predicted molar refractivity (Wildman–Crippen MR) is 61.6 cm³/mol. The van der Waals surface area contributed by atoms with Gasteiger partial charge in [-0.15, -0.1) is 12.4 Å². The van der Waals surface area contributed by atoms with Crippen molar-refractivity contribution < 1.29 is 48.3 Å². The van der Waals surface area contributed by atoms with Crippen LogP contribution >= 0.6 is 12.4 Å². The van der Waals surface area contributed by atoms with Crippen molar-refractivity contribution in [2.24, 2.45) is 5.73 Å². The number of alkyl halides is 11. The number of benzene rings is 1. The number of hydrogen-bond acceptors (Lipinski definition) is 1. The topological polar surface area (TPSA) is 26.0 Å². The fourth-order valence-electron chi connectivity index (χ4n) is 1.54. The molecule has 0 spiro atoms. The van der Waals surface area contributed by atoms with Crippen LogP contribution in [0.4, 0.5) is 48.3 Å². The van der Waals surface area contributed by atoms with Crippen LogP contribution in [-0.2, 0) is 12.4 Å². The molecule has 0 heterocycles. The maximum atomic E-state index is 13.1. The van der Waals surface area contributed by atoms with Gasteiger partial charge in [0, 0.05) is 0 Å². The molecule has 1 aromatic carbocycles. The Morgan fingerprint density at radius 3 is 1.25 bits per heavy atom. The molecule has 0 amide bonds. The lowest BCUT2D eigenvalue weighted by Gasteiger charge is -2.27. The lowest BCUT2D eigenvalue weighted by Crippen LogP contribution is -2.46. The SMILES string of the molecule is Cl.N[C@@H](c1cc(C(F)(F)F)cc(C(F)(F)F)c1)C(F)(F)C(F)(F)F. The average Bonchev–Trinajstić information content (AvgIpc) is 2.33. The van der Waals surface area contributed by atoms with Crippen molar-refractivity contribution in [3.05, 3.63) is 34.9 Å². The van der Waals surface area contributed by atoms with E-state index in [2.05, 4.69) is 5.73 Å². The second kappa shape index (κ2) is 6.54. The Morgan fingerprint density at radius 2 is 1.00 bits per heavy atom. The highest BCUT2D eigenvalue weighted by molar-refractivity contribution is 5.85. The van der Waals surface area contributed by atoms with E-state index in [-0.39, 0.29) is 24.5 Å². The van der Waals surface area contributed by atoms with Gasteiger partial charge in [-0.2, -0.15) is 48.3 Å². The van der Waals surface area contributed by atoms with Crippen LogP contribution in [0, 0.1) is 0 Å². The highest BCUT2D eigenvalue weighted by Gasteiger charge is 2.62. The second-order valence-corrected chi connectivity index (χ2v) is 4.44. The zero-order chi connectivity index (χ0) is 18.4. The summed E-state index contributed by atoms with van der Waals surface area (Å²) in [7, 11) is 0. The van der Waals surface area contributed by atoms with Crippen molar-refractivity contribution >= 4 is 12.4 Å². The first-order valence-electron chi connectivity index (χ1n) is 5.47. The zero-order valence-corrected chi connectivity index (χ0v) is 11.8. The first-order valence-corrected chi connectivity index (χ1v) is 5.47. The Labute approximate surface area is 133 Å². The maximum absolute atomic E-state index is 13.1. The summed E-state index contributed by atoms with van der Waals surface area (Å²) in [6.07, 6.45) is -17.1. The van der Waals surface area contributed by atoms with Crippen molar-refractivity contribution in [3.8, 4) is 0 Å². The largest absolute Gasteiger partial charge is 0.455 e. The number of nitrogens with two attached hydrogens (primary N) is 1. The van der Waals surface area contributed by atoms with Crippen molar-refractivity contribution in [2.45, 2.75) is 30.5 Å². The summed E-state index contributed by atoms with van der Waals surface area (Å²) in [5.74, 6) is -5.72. The molecule has 0 radical (unpaired) electrons. The van der Waals surface area contributed by atoms with E-state index in [4.69, 9.17) is 0 Å². The third-order valence-corrected chi connectivity index (χ3v) is 2.74. The first kappa shape index (κ1) is 22.7. The number of rotatable bonds is 2. The van der Waals surface area contributed by atoms with Gasteiger partial charge in [-0.1, -0.05) is 0 Å². The lowest BCUT2D eigenvalue weighted by molar-refractivity contribution is -0.291. The second-order valence-electron chi connectivity index (χ2n) is 4.44. The van der Waals surface area contributed by atoms with Gasteiger partial charge in [0.1, 0.15) is 6.04 Å². The lowest BCUT2D eigenvalue weighted by atomic mass is 9.96. The summed E-state index contributed by atoms with van der Waals surface area (Å²) in [5.41, 5.74) is -1.16. The van der Waals surface area contributed by atoms with E-state index in [1.54, 1.807) is 0 Å². The van der Waals surface area contributed by atoms with Crippen LogP contribution in [0.2, 0.25) is 0 Å².